The molecule has 0 bridgehead atoms. The number of anilines is 1. The van der Waals surface area contributed by atoms with E-state index >= 15 is 0 Å². The summed E-state index contributed by atoms with van der Waals surface area (Å²) < 4.78 is 27.9. The summed E-state index contributed by atoms with van der Waals surface area (Å²) in [6.07, 6.45) is 1.08. The highest BCUT2D eigenvalue weighted by atomic mass is 32.2. The van der Waals surface area contributed by atoms with Crippen LogP contribution in [0.3, 0.4) is 0 Å². The molecule has 24 heavy (non-hydrogen) atoms. The molecule has 1 aromatic carbocycles. The molecule has 0 aliphatic rings. The zero-order chi connectivity index (χ0) is 17.9. The summed E-state index contributed by atoms with van der Waals surface area (Å²) in [5.74, 6) is -1.17. The van der Waals surface area contributed by atoms with Gasteiger partial charge < -0.3 is 10.1 Å². The van der Waals surface area contributed by atoms with E-state index in [2.05, 4.69) is 10.3 Å². The highest BCUT2D eigenvalue weighted by Crippen LogP contribution is 2.18. The Kier molecular flexibility index (Phi) is 5.35. The Morgan fingerprint density at radius 2 is 2.00 bits per heavy atom. The van der Waals surface area contributed by atoms with Crippen LogP contribution in [-0.4, -0.2) is 38.1 Å². The second kappa shape index (κ2) is 7.10. The highest BCUT2D eigenvalue weighted by molar-refractivity contribution is 7.90. The lowest BCUT2D eigenvalue weighted by molar-refractivity contribution is -0.119. The van der Waals surface area contributed by atoms with Crippen LogP contribution in [0.15, 0.2) is 29.2 Å². The van der Waals surface area contributed by atoms with E-state index in [1.54, 1.807) is 19.9 Å². The molecule has 9 heteroatoms. The number of esters is 1. The quantitative estimate of drug-likeness (QED) is 0.810. The number of hydrogen-bond acceptors (Lipinski definition) is 7. The number of aromatic nitrogens is 1. The van der Waals surface area contributed by atoms with Gasteiger partial charge in [-0.15, -0.1) is 11.3 Å². The summed E-state index contributed by atoms with van der Waals surface area (Å²) >= 11 is 1.20. The lowest BCUT2D eigenvalue weighted by Gasteiger charge is -2.07. The van der Waals surface area contributed by atoms with Crippen molar-refractivity contribution in [2.45, 2.75) is 18.7 Å². The van der Waals surface area contributed by atoms with Crippen LogP contribution in [0, 0.1) is 13.8 Å². The van der Waals surface area contributed by atoms with Crippen molar-refractivity contribution >= 4 is 38.7 Å². The monoisotopic (exact) mass is 368 g/mol. The number of amides is 1. The number of rotatable bonds is 5. The Hall–Kier alpha value is -2.26. The molecular formula is C15H16N2O5S2. The van der Waals surface area contributed by atoms with Gasteiger partial charge in [0.1, 0.15) is 4.88 Å². The largest absolute Gasteiger partial charge is 0.451 e. The van der Waals surface area contributed by atoms with E-state index in [1.807, 2.05) is 0 Å². The van der Waals surface area contributed by atoms with E-state index in [0.717, 1.165) is 11.3 Å². The summed E-state index contributed by atoms with van der Waals surface area (Å²) in [5, 5.41) is 3.23. The Bertz CT molecular complexity index is 887. The second-order valence-corrected chi connectivity index (χ2v) is 8.29. The Balaban J connectivity index is 1.97. The fourth-order valence-electron chi connectivity index (χ4n) is 1.92. The van der Waals surface area contributed by atoms with E-state index in [-0.39, 0.29) is 4.90 Å². The van der Waals surface area contributed by atoms with Gasteiger partial charge in [0, 0.05) is 11.9 Å². The number of thiazole rings is 1. The molecule has 0 radical (unpaired) electrons. The van der Waals surface area contributed by atoms with Crippen molar-refractivity contribution in [1.29, 1.82) is 0 Å². The molecule has 128 valence electrons. The molecule has 0 saturated heterocycles. The molecule has 0 aliphatic carbocycles. The van der Waals surface area contributed by atoms with Crippen LogP contribution in [0.1, 0.15) is 20.4 Å². The predicted molar refractivity (Wildman–Crippen MR) is 90.1 cm³/mol. The summed E-state index contributed by atoms with van der Waals surface area (Å²) in [4.78, 5) is 28.3. The summed E-state index contributed by atoms with van der Waals surface area (Å²) in [5.41, 5.74) is 0.868. The molecule has 0 unspecified atom stereocenters. The molecule has 0 fully saturated rings. The number of nitrogens with one attached hydrogen (secondary N) is 1. The molecule has 1 N–H and O–H groups in total. The van der Waals surface area contributed by atoms with Crippen LogP contribution < -0.4 is 5.32 Å². The third kappa shape index (κ3) is 4.62. The number of hydrogen-bond donors (Lipinski definition) is 1. The van der Waals surface area contributed by atoms with E-state index in [0.29, 0.717) is 16.3 Å². The fraction of sp³-hybridized carbons (Fsp3) is 0.267. The highest BCUT2D eigenvalue weighted by Gasteiger charge is 2.17. The third-order valence-corrected chi connectivity index (χ3v) is 5.13. The minimum Gasteiger partial charge on any atom is -0.451 e. The number of ether oxygens (including phenoxy) is 1. The molecular weight excluding hydrogens is 352 g/mol. The predicted octanol–water partition coefficient (Wildman–Crippen LogP) is 1.96. The van der Waals surface area contributed by atoms with Crippen molar-refractivity contribution < 1.29 is 22.7 Å². The van der Waals surface area contributed by atoms with Crippen LogP contribution in [0.2, 0.25) is 0 Å². The third-order valence-electron chi connectivity index (χ3n) is 2.97. The first kappa shape index (κ1) is 18.1. The van der Waals surface area contributed by atoms with Crippen molar-refractivity contribution in [1.82, 2.24) is 4.98 Å². The Morgan fingerprint density at radius 3 is 2.58 bits per heavy atom. The fourth-order valence-corrected chi connectivity index (χ4v) is 3.40. The standard InChI is InChI=1S/C15H16N2O5S2/c1-9-14(23-10(2)16-9)15(19)22-8-13(18)17-11-5-4-6-12(7-11)24(3,20)21/h4-7H,8H2,1-3H3,(H,17,18). The number of benzene rings is 1. The molecule has 2 rings (SSSR count). The molecule has 0 spiro atoms. The van der Waals surface area contributed by atoms with Crippen LogP contribution in [0.5, 0.6) is 0 Å². The molecule has 0 saturated carbocycles. The number of aryl methyl sites for hydroxylation is 2. The van der Waals surface area contributed by atoms with Crippen molar-refractivity contribution in [3.8, 4) is 0 Å². The molecule has 0 atom stereocenters. The Labute approximate surface area is 143 Å². The van der Waals surface area contributed by atoms with E-state index in [1.165, 1.54) is 29.5 Å². The average molecular weight is 368 g/mol. The van der Waals surface area contributed by atoms with Crippen molar-refractivity contribution in [2.24, 2.45) is 0 Å². The van der Waals surface area contributed by atoms with E-state index in [9.17, 15) is 18.0 Å². The van der Waals surface area contributed by atoms with Crippen molar-refractivity contribution in [2.75, 3.05) is 18.2 Å². The van der Waals surface area contributed by atoms with Gasteiger partial charge in [0.25, 0.3) is 5.91 Å². The number of carbonyl (C=O) groups is 2. The average Bonchev–Trinajstić information content (AvgIpc) is 2.83. The van der Waals surface area contributed by atoms with Gasteiger partial charge in [-0.2, -0.15) is 0 Å². The van der Waals surface area contributed by atoms with E-state index in [4.69, 9.17) is 4.74 Å². The van der Waals surface area contributed by atoms with Crippen LogP contribution in [0.4, 0.5) is 5.69 Å². The summed E-state index contributed by atoms with van der Waals surface area (Å²) in [7, 11) is -3.37. The van der Waals surface area contributed by atoms with Gasteiger partial charge >= 0.3 is 5.97 Å². The molecule has 7 nitrogen and oxygen atoms in total. The van der Waals surface area contributed by atoms with Gasteiger partial charge in [-0.1, -0.05) is 6.07 Å². The molecule has 0 aliphatic heterocycles. The lowest BCUT2D eigenvalue weighted by Crippen LogP contribution is -2.21. The number of sulfone groups is 1. The first-order valence-corrected chi connectivity index (χ1v) is 9.59. The summed E-state index contributed by atoms with van der Waals surface area (Å²) in [6, 6.07) is 5.83. The zero-order valence-corrected chi connectivity index (χ0v) is 15.0. The lowest BCUT2D eigenvalue weighted by atomic mass is 10.3. The van der Waals surface area contributed by atoms with Crippen LogP contribution in [0.25, 0.3) is 0 Å². The Morgan fingerprint density at radius 1 is 1.29 bits per heavy atom. The summed E-state index contributed by atoms with van der Waals surface area (Å²) in [6.45, 7) is 2.99. The van der Waals surface area contributed by atoms with Crippen LogP contribution >= 0.6 is 11.3 Å². The number of nitrogens with zero attached hydrogens (tertiary/aromatic N) is 1. The first-order chi connectivity index (χ1) is 11.2. The molecule has 1 aromatic heterocycles. The van der Waals surface area contributed by atoms with Gasteiger partial charge in [-0.05, 0) is 32.0 Å². The maximum atomic E-state index is 11.9. The SMILES string of the molecule is Cc1nc(C)c(C(=O)OCC(=O)Nc2cccc(S(C)(=O)=O)c2)s1. The van der Waals surface area contributed by atoms with Gasteiger partial charge in [0.05, 0.1) is 15.6 Å². The van der Waals surface area contributed by atoms with Gasteiger partial charge in [-0.25, -0.2) is 18.2 Å². The number of carbonyl (C=O) groups excluding carboxylic acids is 2. The van der Waals surface area contributed by atoms with Gasteiger partial charge in [-0.3, -0.25) is 4.79 Å². The molecule has 1 amide bonds. The molecule has 2 aromatic rings. The molecule has 1 heterocycles. The maximum absolute atomic E-state index is 11.9. The van der Waals surface area contributed by atoms with E-state index < -0.39 is 28.3 Å². The minimum atomic E-state index is -3.37. The van der Waals surface area contributed by atoms with Crippen molar-refractivity contribution in [3.63, 3.8) is 0 Å². The smallest absolute Gasteiger partial charge is 0.350 e. The minimum absolute atomic E-state index is 0.0908. The van der Waals surface area contributed by atoms with Crippen LogP contribution in [-0.2, 0) is 19.4 Å². The van der Waals surface area contributed by atoms with Crippen molar-refractivity contribution in [3.05, 3.63) is 39.8 Å². The first-order valence-electron chi connectivity index (χ1n) is 6.88. The maximum Gasteiger partial charge on any atom is 0.350 e. The topological polar surface area (TPSA) is 102 Å². The normalized spacial score (nSPS) is 11.1. The zero-order valence-electron chi connectivity index (χ0n) is 13.3. The second-order valence-electron chi connectivity index (χ2n) is 5.07. The van der Waals surface area contributed by atoms with Gasteiger partial charge in [0.2, 0.25) is 0 Å². The van der Waals surface area contributed by atoms with Gasteiger partial charge in [0.15, 0.2) is 16.4 Å².